The molecule has 1 atom stereocenters. The molecule has 3 N–H and O–H groups in total. The minimum atomic E-state index is -0.723. The number of nitrogens with one attached hydrogen (secondary N) is 3. The van der Waals surface area contributed by atoms with Gasteiger partial charge >= 0.3 is 6.01 Å². The van der Waals surface area contributed by atoms with Crippen molar-refractivity contribution in [3.05, 3.63) is 94.0 Å². The molecule has 1 aliphatic heterocycles. The van der Waals surface area contributed by atoms with Crippen LogP contribution in [0.1, 0.15) is 24.1 Å². The van der Waals surface area contributed by atoms with Crippen molar-refractivity contribution in [2.45, 2.75) is 19.9 Å². The Morgan fingerprint density at radius 1 is 1.14 bits per heavy atom. The van der Waals surface area contributed by atoms with Gasteiger partial charge in [-0.15, -0.1) is 0 Å². The van der Waals surface area contributed by atoms with E-state index in [1.54, 1.807) is 31.3 Å². The van der Waals surface area contributed by atoms with Gasteiger partial charge < -0.3 is 15.1 Å². The number of rotatable bonds is 4. The van der Waals surface area contributed by atoms with Gasteiger partial charge in [-0.1, -0.05) is 29.8 Å². The van der Waals surface area contributed by atoms with Crippen LogP contribution < -0.4 is 16.0 Å². The zero-order chi connectivity index (χ0) is 24.5. The summed E-state index contributed by atoms with van der Waals surface area (Å²) in [6.45, 7) is 3.68. The van der Waals surface area contributed by atoms with Gasteiger partial charge in [-0.05, 0) is 49.7 Å². The average Bonchev–Trinajstić information content (AvgIpc) is 3.20. The van der Waals surface area contributed by atoms with Crippen molar-refractivity contribution >= 4 is 46.4 Å². The lowest BCUT2D eigenvalue weighted by Gasteiger charge is -2.26. The van der Waals surface area contributed by atoms with Crippen LogP contribution in [0.2, 0.25) is 5.02 Å². The van der Waals surface area contributed by atoms with E-state index in [4.69, 9.17) is 21.0 Å². The van der Waals surface area contributed by atoms with Crippen LogP contribution in [0, 0.1) is 12.7 Å². The molecule has 35 heavy (non-hydrogen) atoms. The van der Waals surface area contributed by atoms with Crippen molar-refractivity contribution < 1.29 is 13.6 Å². The zero-order valence-electron chi connectivity index (χ0n) is 18.8. The third-order valence-corrected chi connectivity index (χ3v) is 5.76. The standard InChI is InChI=1S/C25H20ClFN6O2/c1-13-9-10-28-20(11-13)31-23(34)21-14(2)29-24(32-22(21)16-5-3-4-6-17(16)26)33-25-30-18-8-7-15(27)12-19(18)35-25/h3-12,22H,1-2H3,(H,28,31,34)(H2,29,30,32,33). The molecule has 1 unspecified atom stereocenters. The highest BCUT2D eigenvalue weighted by atomic mass is 35.5. The van der Waals surface area contributed by atoms with E-state index in [1.165, 1.54) is 18.2 Å². The summed E-state index contributed by atoms with van der Waals surface area (Å²) in [5.74, 6) is -0.0627. The fourth-order valence-corrected chi connectivity index (χ4v) is 4.04. The van der Waals surface area contributed by atoms with Gasteiger partial charge in [0, 0.05) is 28.5 Å². The highest BCUT2D eigenvalue weighted by Gasteiger charge is 2.31. The van der Waals surface area contributed by atoms with Crippen molar-refractivity contribution in [1.82, 2.24) is 15.3 Å². The van der Waals surface area contributed by atoms with Crippen LogP contribution in [-0.2, 0) is 4.79 Å². The molecule has 0 saturated carbocycles. The minimum absolute atomic E-state index is 0.124. The molecule has 1 aliphatic rings. The molecular weight excluding hydrogens is 471 g/mol. The number of pyridine rings is 1. The van der Waals surface area contributed by atoms with Crippen LogP contribution in [0.15, 0.2) is 81.5 Å². The molecule has 1 amide bonds. The van der Waals surface area contributed by atoms with Gasteiger partial charge in [0.15, 0.2) is 5.58 Å². The lowest BCUT2D eigenvalue weighted by molar-refractivity contribution is -0.113. The number of allylic oxidation sites excluding steroid dienone is 1. The molecule has 10 heteroatoms. The Morgan fingerprint density at radius 2 is 1.97 bits per heavy atom. The number of hydrogen-bond acceptors (Lipinski definition) is 7. The van der Waals surface area contributed by atoms with Gasteiger partial charge in [0.1, 0.15) is 23.2 Å². The summed E-state index contributed by atoms with van der Waals surface area (Å²) in [6, 6.07) is 14.3. The smallest absolute Gasteiger partial charge is 0.302 e. The molecule has 0 fully saturated rings. The first-order valence-electron chi connectivity index (χ1n) is 10.7. The van der Waals surface area contributed by atoms with Gasteiger partial charge in [0.2, 0.25) is 5.96 Å². The summed E-state index contributed by atoms with van der Waals surface area (Å²) in [5.41, 5.74) is 3.34. The Labute approximate surface area is 204 Å². The molecule has 3 heterocycles. The Kier molecular flexibility index (Phi) is 5.92. The number of amides is 1. The number of nitrogens with zero attached hydrogens (tertiary/aromatic N) is 3. The Bertz CT molecular complexity index is 1510. The number of fused-ring (bicyclic) bond motifs is 1. The maximum Gasteiger partial charge on any atom is 0.302 e. The molecule has 0 radical (unpaired) electrons. The number of anilines is 2. The van der Waals surface area contributed by atoms with Gasteiger partial charge in [0.05, 0.1) is 5.57 Å². The van der Waals surface area contributed by atoms with Crippen molar-refractivity contribution in [1.29, 1.82) is 0 Å². The van der Waals surface area contributed by atoms with E-state index < -0.39 is 11.9 Å². The van der Waals surface area contributed by atoms with Crippen molar-refractivity contribution in [3.63, 3.8) is 0 Å². The number of aryl methyl sites for hydroxylation is 1. The maximum absolute atomic E-state index is 13.5. The predicted molar refractivity (Wildman–Crippen MR) is 133 cm³/mol. The highest BCUT2D eigenvalue weighted by Crippen LogP contribution is 2.35. The van der Waals surface area contributed by atoms with Gasteiger partial charge in [-0.3, -0.25) is 10.1 Å². The molecule has 176 valence electrons. The molecule has 2 aromatic heterocycles. The van der Waals surface area contributed by atoms with Gasteiger partial charge in [-0.2, -0.15) is 4.98 Å². The van der Waals surface area contributed by atoms with Crippen LogP contribution >= 0.6 is 11.6 Å². The number of hydrogen-bond donors (Lipinski definition) is 3. The first kappa shape index (κ1) is 22.5. The third-order valence-electron chi connectivity index (χ3n) is 5.42. The number of carbonyl (C=O) groups is 1. The lowest BCUT2D eigenvalue weighted by atomic mass is 9.95. The Balaban J connectivity index is 1.49. The van der Waals surface area contributed by atoms with Gasteiger partial charge in [0.25, 0.3) is 5.91 Å². The molecule has 0 saturated heterocycles. The second-order valence-electron chi connectivity index (χ2n) is 7.99. The fourth-order valence-electron chi connectivity index (χ4n) is 3.80. The maximum atomic E-state index is 13.5. The van der Waals surface area contributed by atoms with E-state index in [2.05, 4.69) is 25.9 Å². The largest absolute Gasteiger partial charge is 0.423 e. The first-order chi connectivity index (χ1) is 16.9. The minimum Gasteiger partial charge on any atom is -0.423 e. The van der Waals surface area contributed by atoms with Gasteiger partial charge in [-0.25, -0.2) is 14.4 Å². The SMILES string of the molecule is CC1=C(C(=O)Nc2cc(C)ccn2)C(c2ccccc2Cl)N=C(Nc2nc3ccc(F)cc3o2)N1. The number of guanidine groups is 1. The second kappa shape index (κ2) is 9.19. The number of benzene rings is 2. The fraction of sp³-hybridized carbons (Fsp3) is 0.120. The second-order valence-corrected chi connectivity index (χ2v) is 8.40. The molecule has 5 rings (SSSR count). The molecule has 0 aliphatic carbocycles. The third kappa shape index (κ3) is 4.71. The van der Waals surface area contributed by atoms with E-state index in [-0.39, 0.29) is 11.9 Å². The summed E-state index contributed by atoms with van der Waals surface area (Å²) in [4.78, 5) is 26.6. The Hall–Kier alpha value is -4.24. The lowest BCUT2D eigenvalue weighted by Crippen LogP contribution is -2.37. The molecule has 2 aromatic carbocycles. The van der Waals surface area contributed by atoms with E-state index >= 15 is 0 Å². The molecular formula is C25H20ClFN6O2. The summed E-state index contributed by atoms with van der Waals surface area (Å²) in [7, 11) is 0. The van der Waals surface area contributed by atoms with E-state index in [0.717, 1.165) is 5.56 Å². The summed E-state index contributed by atoms with van der Waals surface area (Å²) >= 11 is 6.49. The van der Waals surface area contributed by atoms with Crippen molar-refractivity contribution in [2.24, 2.45) is 4.99 Å². The quantitative estimate of drug-likeness (QED) is 0.356. The van der Waals surface area contributed by atoms with E-state index in [1.807, 2.05) is 25.1 Å². The van der Waals surface area contributed by atoms with Crippen LogP contribution in [0.5, 0.6) is 0 Å². The zero-order valence-corrected chi connectivity index (χ0v) is 19.5. The normalized spacial score (nSPS) is 15.5. The number of oxazole rings is 1. The topological polar surface area (TPSA) is 104 Å². The number of aliphatic imine (C=N–C) groups is 1. The summed E-state index contributed by atoms with van der Waals surface area (Å²) < 4.78 is 19.1. The first-order valence-corrected chi connectivity index (χ1v) is 11.1. The number of carbonyl (C=O) groups excluding carboxylic acids is 1. The summed E-state index contributed by atoms with van der Waals surface area (Å²) in [5, 5.41) is 9.37. The predicted octanol–water partition coefficient (Wildman–Crippen LogP) is 5.35. The van der Waals surface area contributed by atoms with Crippen LogP contribution in [0.3, 0.4) is 0 Å². The van der Waals surface area contributed by atoms with Crippen molar-refractivity contribution in [2.75, 3.05) is 10.6 Å². The molecule has 8 nitrogen and oxygen atoms in total. The number of halogens is 2. The van der Waals surface area contributed by atoms with Crippen molar-refractivity contribution in [3.8, 4) is 0 Å². The van der Waals surface area contributed by atoms with Crippen LogP contribution in [0.25, 0.3) is 11.1 Å². The molecule has 0 bridgehead atoms. The van der Waals surface area contributed by atoms with E-state index in [0.29, 0.717) is 44.7 Å². The Morgan fingerprint density at radius 3 is 2.77 bits per heavy atom. The van der Waals surface area contributed by atoms with E-state index in [9.17, 15) is 9.18 Å². The number of aromatic nitrogens is 2. The highest BCUT2D eigenvalue weighted by molar-refractivity contribution is 6.31. The summed E-state index contributed by atoms with van der Waals surface area (Å²) in [6.07, 6.45) is 1.63. The average molecular weight is 491 g/mol. The monoisotopic (exact) mass is 490 g/mol. The molecule has 0 spiro atoms. The van der Waals surface area contributed by atoms with Crippen LogP contribution in [0.4, 0.5) is 16.2 Å². The molecule has 4 aromatic rings. The van der Waals surface area contributed by atoms with Crippen LogP contribution in [-0.4, -0.2) is 21.8 Å².